The number of pyridine rings is 1. The Hall–Kier alpha value is -2.89. The Bertz CT molecular complexity index is 1080. The monoisotopic (exact) mass is 394 g/mol. The Balaban J connectivity index is 1.68. The summed E-state index contributed by atoms with van der Waals surface area (Å²) in [7, 11) is 0. The van der Waals surface area contributed by atoms with Crippen LogP contribution in [0.25, 0.3) is 16.8 Å². The molecule has 2 aromatic carbocycles. The van der Waals surface area contributed by atoms with Crippen molar-refractivity contribution >= 4 is 17.5 Å². The first-order valence-electron chi connectivity index (χ1n) is 9.09. The third-order valence-electron chi connectivity index (χ3n) is 5.08. The van der Waals surface area contributed by atoms with Crippen molar-refractivity contribution in [3.63, 3.8) is 0 Å². The molecule has 1 amide bonds. The van der Waals surface area contributed by atoms with E-state index < -0.39 is 6.23 Å². The minimum absolute atomic E-state index is 0.0939. The second-order valence-corrected chi connectivity index (χ2v) is 7.20. The van der Waals surface area contributed by atoms with Gasteiger partial charge in [0.1, 0.15) is 6.23 Å². The Morgan fingerprint density at radius 3 is 2.50 bits per heavy atom. The zero-order valence-corrected chi connectivity index (χ0v) is 15.8. The minimum Gasteiger partial charge on any atom is -0.373 e. The maximum absolute atomic E-state index is 12.0. The lowest BCUT2D eigenvalue weighted by atomic mass is 9.88. The van der Waals surface area contributed by atoms with Gasteiger partial charge in [0.25, 0.3) is 5.56 Å². The molecular weight excluding hydrogens is 376 g/mol. The van der Waals surface area contributed by atoms with E-state index in [1.54, 1.807) is 16.8 Å². The lowest BCUT2D eigenvalue weighted by molar-refractivity contribution is -0.127. The van der Waals surface area contributed by atoms with Gasteiger partial charge in [-0.2, -0.15) is 0 Å². The van der Waals surface area contributed by atoms with Gasteiger partial charge < -0.3 is 10.4 Å². The summed E-state index contributed by atoms with van der Waals surface area (Å²) in [6, 6.07) is 18.3. The number of aromatic nitrogens is 1. The SMILES string of the molecule is O=C1CC[C@@H](c2cccc(-c3ccc(-n4ccccc4=O)cc3)c2Cl)C(O)N1. The molecule has 1 aliphatic rings. The minimum atomic E-state index is -0.943. The highest BCUT2D eigenvalue weighted by Crippen LogP contribution is 2.38. The van der Waals surface area contributed by atoms with Crippen molar-refractivity contribution in [3.05, 3.63) is 87.8 Å². The van der Waals surface area contributed by atoms with Gasteiger partial charge in [0.2, 0.25) is 5.91 Å². The Kier molecular flexibility index (Phi) is 5.03. The van der Waals surface area contributed by atoms with Crippen LogP contribution in [0.5, 0.6) is 0 Å². The molecule has 2 heterocycles. The molecule has 5 nitrogen and oxygen atoms in total. The number of piperidine rings is 1. The van der Waals surface area contributed by atoms with E-state index in [0.29, 0.717) is 17.9 Å². The van der Waals surface area contributed by atoms with E-state index in [2.05, 4.69) is 5.32 Å². The van der Waals surface area contributed by atoms with Crippen molar-refractivity contribution in [2.24, 2.45) is 0 Å². The van der Waals surface area contributed by atoms with Gasteiger partial charge in [0, 0.05) is 35.9 Å². The van der Waals surface area contributed by atoms with Crippen LogP contribution in [-0.4, -0.2) is 21.8 Å². The molecule has 0 bridgehead atoms. The van der Waals surface area contributed by atoms with Crippen molar-refractivity contribution in [1.29, 1.82) is 0 Å². The van der Waals surface area contributed by atoms with Crippen LogP contribution in [0, 0.1) is 0 Å². The fourth-order valence-corrected chi connectivity index (χ4v) is 3.98. The van der Waals surface area contributed by atoms with Crippen molar-refractivity contribution in [1.82, 2.24) is 9.88 Å². The number of nitrogens with zero attached hydrogens (tertiary/aromatic N) is 1. The number of aliphatic hydroxyl groups excluding tert-OH is 1. The molecule has 0 aliphatic carbocycles. The third-order valence-corrected chi connectivity index (χ3v) is 5.50. The molecule has 3 aromatic rings. The highest BCUT2D eigenvalue weighted by Gasteiger charge is 2.30. The number of carbonyl (C=O) groups is 1. The number of hydrogen-bond acceptors (Lipinski definition) is 3. The Labute approximate surface area is 167 Å². The van der Waals surface area contributed by atoms with Crippen LogP contribution in [0.1, 0.15) is 24.3 Å². The predicted octanol–water partition coefficient (Wildman–Crippen LogP) is 3.47. The molecule has 2 atom stereocenters. The van der Waals surface area contributed by atoms with Gasteiger partial charge in [-0.25, -0.2) is 0 Å². The van der Waals surface area contributed by atoms with Gasteiger partial charge in [-0.1, -0.05) is 48.0 Å². The first-order valence-corrected chi connectivity index (χ1v) is 9.47. The number of benzene rings is 2. The molecule has 6 heteroatoms. The standard InChI is InChI=1S/C22H19ClN2O3/c23-21-16(4-3-5-17(21)18-11-12-19(26)24-22(18)28)14-7-9-15(10-8-14)25-13-2-1-6-20(25)27/h1-10,13,18,22,28H,11-12H2,(H,24,26)/t18-,22?/m0/s1. The predicted molar refractivity (Wildman–Crippen MR) is 109 cm³/mol. The van der Waals surface area contributed by atoms with Crippen molar-refractivity contribution < 1.29 is 9.90 Å². The molecule has 0 spiro atoms. The summed E-state index contributed by atoms with van der Waals surface area (Å²) >= 11 is 6.68. The molecule has 4 rings (SSSR count). The topological polar surface area (TPSA) is 71.3 Å². The normalized spacial score (nSPS) is 19.3. The molecule has 2 N–H and O–H groups in total. The van der Waals surface area contributed by atoms with Gasteiger partial charge in [-0.15, -0.1) is 0 Å². The Morgan fingerprint density at radius 1 is 1.00 bits per heavy atom. The summed E-state index contributed by atoms with van der Waals surface area (Å²) in [4.78, 5) is 23.5. The number of rotatable bonds is 3. The smallest absolute Gasteiger partial charge is 0.255 e. The van der Waals surface area contributed by atoms with Gasteiger partial charge in [-0.3, -0.25) is 14.2 Å². The van der Waals surface area contributed by atoms with Crippen LogP contribution < -0.4 is 10.9 Å². The molecule has 1 aromatic heterocycles. The van der Waals surface area contributed by atoms with E-state index in [-0.39, 0.29) is 17.4 Å². The summed E-state index contributed by atoms with van der Waals surface area (Å²) in [6.45, 7) is 0. The summed E-state index contributed by atoms with van der Waals surface area (Å²) < 4.78 is 1.57. The van der Waals surface area contributed by atoms with Crippen LogP contribution in [0.4, 0.5) is 0 Å². The summed E-state index contributed by atoms with van der Waals surface area (Å²) in [5.41, 5.74) is 3.25. The molecule has 1 saturated heterocycles. The molecule has 1 unspecified atom stereocenters. The van der Waals surface area contributed by atoms with Crippen LogP contribution in [-0.2, 0) is 4.79 Å². The summed E-state index contributed by atoms with van der Waals surface area (Å²) in [5.74, 6) is -0.393. The van der Waals surface area contributed by atoms with Crippen LogP contribution in [0.15, 0.2) is 71.7 Å². The molecule has 142 valence electrons. The average molecular weight is 395 g/mol. The van der Waals surface area contributed by atoms with E-state index in [0.717, 1.165) is 22.4 Å². The molecule has 1 aliphatic heterocycles. The van der Waals surface area contributed by atoms with Crippen LogP contribution >= 0.6 is 11.6 Å². The van der Waals surface area contributed by atoms with E-state index in [4.69, 9.17) is 11.6 Å². The fourth-order valence-electron chi connectivity index (χ4n) is 3.61. The molecule has 0 radical (unpaired) electrons. The lowest BCUT2D eigenvalue weighted by Gasteiger charge is -2.29. The second kappa shape index (κ2) is 7.62. The van der Waals surface area contributed by atoms with Gasteiger partial charge in [0.05, 0.1) is 5.02 Å². The van der Waals surface area contributed by atoms with Crippen molar-refractivity contribution in [2.75, 3.05) is 0 Å². The zero-order valence-electron chi connectivity index (χ0n) is 15.0. The van der Waals surface area contributed by atoms with E-state index in [1.807, 2.05) is 48.5 Å². The van der Waals surface area contributed by atoms with Gasteiger partial charge >= 0.3 is 0 Å². The number of halogens is 1. The highest BCUT2D eigenvalue weighted by atomic mass is 35.5. The number of aliphatic hydroxyl groups is 1. The average Bonchev–Trinajstić information content (AvgIpc) is 2.69. The van der Waals surface area contributed by atoms with E-state index in [1.165, 1.54) is 6.07 Å². The maximum Gasteiger partial charge on any atom is 0.255 e. The van der Waals surface area contributed by atoms with Crippen molar-refractivity contribution in [3.8, 4) is 16.8 Å². The molecular formula is C22H19ClN2O3. The van der Waals surface area contributed by atoms with Gasteiger partial charge in [0.15, 0.2) is 0 Å². The summed E-state index contributed by atoms with van der Waals surface area (Å²) in [6.07, 6.45) is 1.69. The number of hydrogen-bond donors (Lipinski definition) is 2. The first kappa shape index (κ1) is 18.5. The third kappa shape index (κ3) is 3.46. The lowest BCUT2D eigenvalue weighted by Crippen LogP contribution is -2.43. The number of carbonyl (C=O) groups excluding carboxylic acids is 1. The molecule has 28 heavy (non-hydrogen) atoms. The van der Waals surface area contributed by atoms with Crippen molar-refractivity contribution in [2.45, 2.75) is 25.0 Å². The number of nitrogens with one attached hydrogen (secondary N) is 1. The first-order chi connectivity index (χ1) is 13.5. The largest absolute Gasteiger partial charge is 0.373 e. The van der Waals surface area contributed by atoms with Crippen LogP contribution in [0.3, 0.4) is 0 Å². The van der Waals surface area contributed by atoms with Crippen LogP contribution in [0.2, 0.25) is 5.02 Å². The highest BCUT2D eigenvalue weighted by molar-refractivity contribution is 6.34. The maximum atomic E-state index is 12.0. The van der Waals surface area contributed by atoms with Gasteiger partial charge in [-0.05, 0) is 35.7 Å². The summed E-state index contributed by atoms with van der Waals surface area (Å²) in [5, 5.41) is 13.4. The second-order valence-electron chi connectivity index (χ2n) is 6.82. The van der Waals surface area contributed by atoms with E-state index >= 15 is 0 Å². The quantitative estimate of drug-likeness (QED) is 0.714. The number of amides is 1. The Morgan fingerprint density at radius 2 is 1.79 bits per heavy atom. The van der Waals surface area contributed by atoms with E-state index in [9.17, 15) is 14.7 Å². The fraction of sp³-hybridized carbons (Fsp3) is 0.182. The molecule has 1 fully saturated rings. The zero-order chi connectivity index (χ0) is 19.7. The molecule has 0 saturated carbocycles.